The molecule has 10 heteroatoms. The average Bonchev–Trinajstić information content (AvgIpc) is 2.99. The number of aryl methyl sites for hydroxylation is 1. The van der Waals surface area contributed by atoms with Crippen molar-refractivity contribution in [2.45, 2.75) is 6.92 Å². The topological polar surface area (TPSA) is 96.4 Å². The molecule has 0 unspecified atom stereocenters. The number of carbonyl (C=O) groups excluding carboxylic acids is 1. The first-order chi connectivity index (χ1) is 12.7. The molecule has 2 aromatic heterocycles. The molecule has 0 N–H and O–H groups in total. The lowest BCUT2D eigenvalue weighted by molar-refractivity contribution is -0.384. The minimum Gasteiger partial charge on any atom is -0.462 e. The van der Waals surface area contributed by atoms with Gasteiger partial charge < -0.3 is 13.9 Å². The second kappa shape index (κ2) is 6.84. The van der Waals surface area contributed by atoms with E-state index in [1.807, 2.05) is 0 Å². The smallest absolute Gasteiger partial charge is 0.343 e. The van der Waals surface area contributed by atoms with Gasteiger partial charge in [-0.05, 0) is 19.1 Å². The van der Waals surface area contributed by atoms with Gasteiger partial charge in [-0.25, -0.2) is 9.18 Å². The molecular formula is C17H13ClFN3O5. The Morgan fingerprint density at radius 2 is 2.04 bits per heavy atom. The maximum Gasteiger partial charge on any atom is 0.343 e. The molecule has 2 heterocycles. The van der Waals surface area contributed by atoms with E-state index in [1.54, 1.807) is 14.0 Å². The fraction of sp³-hybridized carbons (Fsp3) is 0.176. The van der Waals surface area contributed by atoms with Crippen molar-refractivity contribution in [3.05, 3.63) is 67.5 Å². The van der Waals surface area contributed by atoms with Crippen molar-refractivity contribution in [2.75, 3.05) is 6.61 Å². The van der Waals surface area contributed by atoms with Gasteiger partial charge >= 0.3 is 11.7 Å². The van der Waals surface area contributed by atoms with Crippen LogP contribution >= 0.6 is 11.6 Å². The van der Waals surface area contributed by atoms with E-state index < -0.39 is 22.1 Å². The van der Waals surface area contributed by atoms with Crippen molar-refractivity contribution in [2.24, 2.45) is 7.05 Å². The van der Waals surface area contributed by atoms with Gasteiger partial charge in [0.25, 0.3) is 0 Å². The average molecular weight is 394 g/mol. The van der Waals surface area contributed by atoms with Crippen molar-refractivity contribution < 1.29 is 18.8 Å². The summed E-state index contributed by atoms with van der Waals surface area (Å²) in [5.74, 6) is -1.76. The Labute approximate surface area is 156 Å². The predicted molar refractivity (Wildman–Crippen MR) is 96.1 cm³/mol. The van der Waals surface area contributed by atoms with E-state index in [-0.39, 0.29) is 39.5 Å². The summed E-state index contributed by atoms with van der Waals surface area (Å²) in [6, 6.07) is 2.08. The summed E-state index contributed by atoms with van der Waals surface area (Å²) in [7, 11) is 1.58. The Kier molecular flexibility index (Phi) is 4.71. The predicted octanol–water partition coefficient (Wildman–Crippen LogP) is 3.21. The van der Waals surface area contributed by atoms with Crippen LogP contribution in [0.15, 0.2) is 35.5 Å². The van der Waals surface area contributed by atoms with Gasteiger partial charge in [-0.2, -0.15) is 0 Å². The Morgan fingerprint density at radius 1 is 1.33 bits per heavy atom. The number of hydrogen-bond acceptors (Lipinski definition) is 5. The molecule has 0 aliphatic rings. The Bertz CT molecular complexity index is 1150. The number of nitrogens with zero attached hydrogens (tertiary/aromatic N) is 3. The molecule has 0 spiro atoms. The van der Waals surface area contributed by atoms with Gasteiger partial charge in [-0.3, -0.25) is 14.9 Å². The van der Waals surface area contributed by atoms with E-state index in [1.165, 1.54) is 27.6 Å². The number of ether oxygens (including phenoxy) is 1. The number of hydrogen-bond donors (Lipinski definition) is 0. The quantitative estimate of drug-likeness (QED) is 0.385. The Hall–Kier alpha value is -3.20. The maximum absolute atomic E-state index is 13.9. The third-order valence-electron chi connectivity index (χ3n) is 3.91. The van der Waals surface area contributed by atoms with Gasteiger partial charge in [0.2, 0.25) is 5.43 Å². The van der Waals surface area contributed by atoms with Crippen molar-refractivity contribution in [3.8, 4) is 5.69 Å². The molecule has 0 aliphatic carbocycles. The monoisotopic (exact) mass is 393 g/mol. The second-order valence-corrected chi connectivity index (χ2v) is 6.10. The van der Waals surface area contributed by atoms with Gasteiger partial charge in [-0.1, -0.05) is 11.6 Å². The fourth-order valence-corrected chi connectivity index (χ4v) is 2.91. The molecule has 0 radical (unpaired) electrons. The zero-order valence-electron chi connectivity index (χ0n) is 14.2. The van der Waals surface area contributed by atoms with Crippen LogP contribution in [0.25, 0.3) is 16.6 Å². The van der Waals surface area contributed by atoms with Crippen LogP contribution in [0.2, 0.25) is 5.02 Å². The first kappa shape index (κ1) is 18.6. The van der Waals surface area contributed by atoms with Crippen molar-refractivity contribution in [1.82, 2.24) is 9.13 Å². The van der Waals surface area contributed by atoms with Crippen LogP contribution in [0.4, 0.5) is 10.1 Å². The fourth-order valence-electron chi connectivity index (χ4n) is 2.76. The lowest BCUT2D eigenvalue weighted by Gasteiger charge is -2.12. The number of halogens is 2. The van der Waals surface area contributed by atoms with Crippen molar-refractivity contribution >= 4 is 34.2 Å². The van der Waals surface area contributed by atoms with Crippen LogP contribution in [-0.4, -0.2) is 26.6 Å². The first-order valence-electron chi connectivity index (χ1n) is 7.76. The highest BCUT2D eigenvalue weighted by Gasteiger charge is 2.24. The van der Waals surface area contributed by atoms with Crippen LogP contribution in [0.5, 0.6) is 0 Å². The molecule has 3 aromatic rings. The number of aromatic nitrogens is 2. The summed E-state index contributed by atoms with van der Waals surface area (Å²) >= 11 is 5.84. The summed E-state index contributed by atoms with van der Waals surface area (Å²) in [4.78, 5) is 35.6. The maximum atomic E-state index is 13.9. The number of fused-ring (bicyclic) bond motifs is 1. The van der Waals surface area contributed by atoms with Crippen molar-refractivity contribution in [3.63, 3.8) is 0 Å². The Balaban J connectivity index is 2.46. The van der Waals surface area contributed by atoms with E-state index in [9.17, 15) is 24.1 Å². The van der Waals surface area contributed by atoms with E-state index in [0.717, 1.165) is 12.3 Å². The summed E-state index contributed by atoms with van der Waals surface area (Å²) in [6.45, 7) is 1.59. The first-order valence-corrected chi connectivity index (χ1v) is 8.14. The number of nitro groups is 1. The third kappa shape index (κ3) is 3.17. The van der Waals surface area contributed by atoms with Gasteiger partial charge in [0.15, 0.2) is 0 Å². The van der Waals surface area contributed by atoms with Crippen LogP contribution in [0.3, 0.4) is 0 Å². The molecule has 140 valence electrons. The number of rotatable bonds is 4. The largest absolute Gasteiger partial charge is 0.462 e. The molecule has 0 saturated heterocycles. The van der Waals surface area contributed by atoms with E-state index in [2.05, 4.69) is 0 Å². The van der Waals surface area contributed by atoms with Crippen LogP contribution < -0.4 is 5.43 Å². The molecule has 0 amide bonds. The third-order valence-corrected chi connectivity index (χ3v) is 4.20. The highest BCUT2D eigenvalue weighted by atomic mass is 35.5. The number of carbonyl (C=O) groups is 1. The molecule has 8 nitrogen and oxygen atoms in total. The van der Waals surface area contributed by atoms with Crippen LogP contribution in [0, 0.1) is 15.9 Å². The molecule has 0 aliphatic heterocycles. The highest BCUT2D eigenvalue weighted by Crippen LogP contribution is 2.29. The van der Waals surface area contributed by atoms with Gasteiger partial charge in [0, 0.05) is 24.8 Å². The standard InChI is InChI=1S/C17H13ClFN3O5/c1-3-27-17(24)10-6-21(14-7-20(2)8-15(14)22(25)26)13-5-11(18)12(19)4-9(13)16(10)23/h4-8H,3H2,1-2H3. The molecule has 1 aromatic carbocycles. The molecule has 0 saturated carbocycles. The molecule has 27 heavy (non-hydrogen) atoms. The van der Waals surface area contributed by atoms with E-state index in [4.69, 9.17) is 16.3 Å². The summed E-state index contributed by atoms with van der Waals surface area (Å²) in [5, 5.41) is 11.0. The Morgan fingerprint density at radius 3 is 2.67 bits per heavy atom. The molecular weight excluding hydrogens is 381 g/mol. The zero-order valence-corrected chi connectivity index (χ0v) is 15.0. The molecule has 0 atom stereocenters. The summed E-state index contributed by atoms with van der Waals surface area (Å²) < 4.78 is 21.5. The number of benzene rings is 1. The van der Waals surface area contributed by atoms with Gasteiger partial charge in [0.1, 0.15) is 17.1 Å². The minimum absolute atomic E-state index is 0.0246. The number of pyridine rings is 1. The normalized spacial score (nSPS) is 11.0. The molecule has 0 fully saturated rings. The molecule has 0 bridgehead atoms. The minimum atomic E-state index is -0.910. The van der Waals surface area contributed by atoms with E-state index >= 15 is 0 Å². The van der Waals surface area contributed by atoms with Gasteiger partial charge in [0.05, 0.1) is 28.3 Å². The van der Waals surface area contributed by atoms with Crippen LogP contribution in [0.1, 0.15) is 17.3 Å². The second-order valence-electron chi connectivity index (χ2n) is 5.70. The van der Waals surface area contributed by atoms with Crippen molar-refractivity contribution in [1.29, 1.82) is 0 Å². The summed E-state index contributed by atoms with van der Waals surface area (Å²) in [6.07, 6.45) is 3.85. The lowest BCUT2D eigenvalue weighted by atomic mass is 10.1. The van der Waals surface area contributed by atoms with Crippen LogP contribution in [-0.2, 0) is 11.8 Å². The zero-order chi connectivity index (χ0) is 19.9. The lowest BCUT2D eigenvalue weighted by Crippen LogP contribution is -2.21. The van der Waals surface area contributed by atoms with Gasteiger partial charge in [-0.15, -0.1) is 0 Å². The SMILES string of the molecule is CCOC(=O)c1cn(-c2cn(C)cc2[N+](=O)[O-])c2cc(Cl)c(F)cc2c1=O. The number of esters is 1. The molecule has 3 rings (SSSR count). The highest BCUT2D eigenvalue weighted by molar-refractivity contribution is 6.31. The van der Waals surface area contributed by atoms with E-state index in [0.29, 0.717) is 0 Å². The summed E-state index contributed by atoms with van der Waals surface area (Å²) in [5.41, 5.74) is -1.19.